The van der Waals surface area contributed by atoms with Gasteiger partial charge in [0.2, 0.25) is 11.8 Å². The van der Waals surface area contributed by atoms with E-state index in [0.717, 1.165) is 24.1 Å². The Hall–Kier alpha value is -3.76. The number of anilines is 1. The van der Waals surface area contributed by atoms with Crippen LogP contribution in [0.25, 0.3) is 0 Å². The summed E-state index contributed by atoms with van der Waals surface area (Å²) >= 11 is 14.4. The van der Waals surface area contributed by atoms with Crippen LogP contribution in [0.3, 0.4) is 0 Å². The molecule has 0 radical (unpaired) electrons. The summed E-state index contributed by atoms with van der Waals surface area (Å²) in [5.74, 6) is -7.65. The van der Waals surface area contributed by atoms with Crippen molar-refractivity contribution >= 4 is 58.6 Å². The van der Waals surface area contributed by atoms with Crippen molar-refractivity contribution in [1.29, 1.82) is 0 Å². The maximum atomic E-state index is 14.1. The Morgan fingerprint density at radius 3 is 2.25 bits per heavy atom. The topological polar surface area (TPSA) is 121 Å². The van der Waals surface area contributed by atoms with E-state index < -0.39 is 69.0 Å². The Kier molecular flexibility index (Phi) is 5.87. The molecule has 206 valence electrons. The number of phenols is 1. The molecule has 40 heavy (non-hydrogen) atoms. The zero-order chi connectivity index (χ0) is 28.7. The van der Waals surface area contributed by atoms with Crippen LogP contribution in [0.2, 0.25) is 0 Å². The van der Waals surface area contributed by atoms with Crippen LogP contribution in [0.4, 0.5) is 14.9 Å². The monoisotopic (exact) mass is 586 g/mol. The fraction of sp³-hybridized carbons (Fsp3) is 0.321. The van der Waals surface area contributed by atoms with Crippen LogP contribution < -0.4 is 4.90 Å². The molecule has 6 rings (SSSR count). The number of aromatic hydroxyl groups is 1. The molecule has 6 unspecified atom stereocenters. The van der Waals surface area contributed by atoms with E-state index in [9.17, 15) is 33.5 Å². The molecule has 0 aromatic heterocycles. The second kappa shape index (κ2) is 8.87. The van der Waals surface area contributed by atoms with E-state index in [4.69, 9.17) is 23.2 Å². The number of nitrogens with zero attached hydrogens (tertiary/aromatic N) is 2. The molecule has 0 bridgehead atoms. The summed E-state index contributed by atoms with van der Waals surface area (Å²) in [6.07, 6.45) is 0.401. The van der Waals surface area contributed by atoms with Crippen molar-refractivity contribution < 1.29 is 38.2 Å². The third kappa shape index (κ3) is 3.29. The molecular weight excluding hydrogens is 566 g/mol. The lowest BCUT2D eigenvalue weighted by molar-refractivity contribution is -0.138. The van der Waals surface area contributed by atoms with Gasteiger partial charge < -0.3 is 9.84 Å². The van der Waals surface area contributed by atoms with Gasteiger partial charge in [0, 0.05) is 5.92 Å². The molecule has 9 nitrogen and oxygen atoms in total. The number of phenolic OH excluding ortho intramolecular Hbond substituents is 1. The molecule has 5 amide bonds. The van der Waals surface area contributed by atoms with Crippen LogP contribution >= 0.6 is 23.2 Å². The van der Waals surface area contributed by atoms with Crippen molar-refractivity contribution in [1.82, 2.24) is 4.90 Å². The first-order valence-corrected chi connectivity index (χ1v) is 13.2. The number of rotatable bonds is 2. The van der Waals surface area contributed by atoms with Crippen molar-refractivity contribution in [2.24, 2.45) is 17.8 Å². The van der Waals surface area contributed by atoms with E-state index in [2.05, 4.69) is 4.74 Å². The standard InChI is InChI=1S/C28H21Cl2FN2O7/c1-40-26(39)33-22(35)18-11-10-17-19(20(18)23(33)36)12-27(29)24(37)32(15-6-4-14(31)5-7-15)25(38)28(27,30)21(17)13-2-8-16(34)9-3-13/h2-10,18-21,34H,11-12H2,1H3. The Morgan fingerprint density at radius 2 is 1.62 bits per heavy atom. The van der Waals surface area contributed by atoms with Gasteiger partial charge in [-0.3, -0.25) is 19.2 Å². The molecule has 1 N–H and O–H groups in total. The summed E-state index contributed by atoms with van der Waals surface area (Å²) in [6.45, 7) is 0. The molecule has 12 heteroatoms. The third-order valence-corrected chi connectivity index (χ3v) is 9.89. The molecule has 2 aliphatic carbocycles. The van der Waals surface area contributed by atoms with Gasteiger partial charge in [0.15, 0.2) is 9.75 Å². The summed E-state index contributed by atoms with van der Waals surface area (Å²) in [5.41, 5.74) is 1.03. The number of allylic oxidation sites excluding steroid dienone is 2. The van der Waals surface area contributed by atoms with E-state index in [1.165, 1.54) is 36.4 Å². The molecule has 2 aliphatic heterocycles. The Labute approximate surface area is 237 Å². The lowest BCUT2D eigenvalue weighted by atomic mass is 9.56. The van der Waals surface area contributed by atoms with Crippen LogP contribution in [0.5, 0.6) is 5.75 Å². The average molecular weight is 587 g/mol. The largest absolute Gasteiger partial charge is 0.508 e. The average Bonchev–Trinajstić information content (AvgIpc) is 3.27. The molecule has 2 heterocycles. The quantitative estimate of drug-likeness (QED) is 0.322. The number of fused-ring (bicyclic) bond motifs is 4. The minimum atomic E-state index is -2.09. The first-order chi connectivity index (χ1) is 19.0. The van der Waals surface area contributed by atoms with Crippen molar-refractivity contribution in [3.63, 3.8) is 0 Å². The number of methoxy groups -OCH3 is 1. The number of hydrogen-bond donors (Lipinski definition) is 1. The fourth-order valence-electron chi connectivity index (χ4n) is 6.71. The van der Waals surface area contributed by atoms with E-state index >= 15 is 0 Å². The second-order valence-corrected chi connectivity index (χ2v) is 11.6. The number of benzene rings is 2. The molecule has 6 atom stereocenters. The highest BCUT2D eigenvalue weighted by Gasteiger charge is 2.76. The zero-order valence-electron chi connectivity index (χ0n) is 20.8. The van der Waals surface area contributed by atoms with Crippen LogP contribution in [-0.4, -0.2) is 56.6 Å². The highest BCUT2D eigenvalue weighted by atomic mass is 35.5. The number of carbonyl (C=O) groups excluding carboxylic acids is 5. The molecule has 3 fully saturated rings. The van der Waals surface area contributed by atoms with Crippen molar-refractivity contribution in [3.05, 3.63) is 71.6 Å². The first-order valence-electron chi connectivity index (χ1n) is 12.4. The fourth-order valence-corrected chi connectivity index (χ4v) is 7.65. The highest BCUT2D eigenvalue weighted by molar-refractivity contribution is 6.58. The predicted molar refractivity (Wildman–Crippen MR) is 139 cm³/mol. The number of amides is 5. The number of imide groups is 4. The van der Waals surface area contributed by atoms with Gasteiger partial charge in [0.05, 0.1) is 24.6 Å². The Morgan fingerprint density at radius 1 is 0.975 bits per heavy atom. The summed E-state index contributed by atoms with van der Waals surface area (Å²) in [6, 6.07) is 10.6. The maximum Gasteiger partial charge on any atom is 0.423 e. The minimum Gasteiger partial charge on any atom is -0.508 e. The molecule has 2 aromatic carbocycles. The molecule has 0 spiro atoms. The lowest BCUT2D eigenvalue weighted by Gasteiger charge is -2.50. The third-order valence-electron chi connectivity index (χ3n) is 8.48. The minimum absolute atomic E-state index is 0.0541. The van der Waals surface area contributed by atoms with E-state index in [0.29, 0.717) is 16.0 Å². The summed E-state index contributed by atoms with van der Waals surface area (Å²) in [4.78, 5) is 64.2. The normalized spacial score (nSPS) is 33.0. The SMILES string of the molecule is COC(=O)N1C(=O)C2CC=C3C(CC4(Cl)C(=O)N(c5ccc(F)cc5)C(=O)C4(Cl)C3c3ccc(O)cc3)C2C1=O. The number of ether oxygens (including phenoxy) is 1. The van der Waals surface area contributed by atoms with Gasteiger partial charge in [-0.1, -0.05) is 23.8 Å². The molecule has 4 aliphatic rings. The summed E-state index contributed by atoms with van der Waals surface area (Å²) < 4.78 is 18.3. The van der Waals surface area contributed by atoms with E-state index in [1.807, 2.05) is 0 Å². The highest BCUT2D eigenvalue weighted by Crippen LogP contribution is 2.65. The maximum absolute atomic E-state index is 14.1. The number of carbonyl (C=O) groups is 5. The van der Waals surface area contributed by atoms with Gasteiger partial charge >= 0.3 is 6.09 Å². The Balaban J connectivity index is 1.54. The van der Waals surface area contributed by atoms with E-state index in [1.54, 1.807) is 6.08 Å². The first kappa shape index (κ1) is 26.5. The van der Waals surface area contributed by atoms with Crippen LogP contribution in [-0.2, 0) is 23.9 Å². The summed E-state index contributed by atoms with van der Waals surface area (Å²) in [7, 11) is 1.05. The zero-order valence-corrected chi connectivity index (χ0v) is 22.4. The van der Waals surface area contributed by atoms with Crippen molar-refractivity contribution in [3.8, 4) is 5.75 Å². The van der Waals surface area contributed by atoms with Crippen LogP contribution in [0.1, 0.15) is 24.3 Å². The van der Waals surface area contributed by atoms with Crippen LogP contribution in [0, 0.1) is 23.6 Å². The van der Waals surface area contributed by atoms with Gasteiger partial charge in [-0.25, -0.2) is 14.1 Å². The van der Waals surface area contributed by atoms with Gasteiger partial charge in [0.1, 0.15) is 11.6 Å². The van der Waals surface area contributed by atoms with Crippen LogP contribution in [0.15, 0.2) is 60.2 Å². The molecule has 2 aromatic rings. The number of likely N-dealkylation sites (tertiary alicyclic amines) is 1. The smallest absolute Gasteiger partial charge is 0.423 e. The second-order valence-electron chi connectivity index (χ2n) is 10.3. The van der Waals surface area contributed by atoms with Gasteiger partial charge in [-0.15, -0.1) is 23.2 Å². The summed E-state index contributed by atoms with van der Waals surface area (Å²) in [5, 5.41) is 9.92. The van der Waals surface area contributed by atoms with Gasteiger partial charge in [-0.2, -0.15) is 4.90 Å². The van der Waals surface area contributed by atoms with Gasteiger partial charge in [-0.05, 0) is 60.7 Å². The van der Waals surface area contributed by atoms with E-state index in [-0.39, 0.29) is 24.3 Å². The van der Waals surface area contributed by atoms with Crippen molar-refractivity contribution in [2.45, 2.75) is 28.5 Å². The molecule has 2 saturated heterocycles. The lowest BCUT2D eigenvalue weighted by Crippen LogP contribution is -2.60. The number of hydrogen-bond acceptors (Lipinski definition) is 7. The number of halogens is 3. The van der Waals surface area contributed by atoms with Crippen molar-refractivity contribution in [2.75, 3.05) is 12.0 Å². The molecular formula is C28H21Cl2FN2O7. The number of alkyl halides is 2. The molecule has 1 saturated carbocycles. The van der Waals surface area contributed by atoms with Gasteiger partial charge in [0.25, 0.3) is 11.8 Å². The Bertz CT molecular complexity index is 1530. The predicted octanol–water partition coefficient (Wildman–Crippen LogP) is 3.86.